The van der Waals surface area contributed by atoms with Gasteiger partial charge in [-0.25, -0.2) is 8.42 Å². The predicted molar refractivity (Wildman–Crippen MR) is 59.6 cm³/mol. The molecular weight excluding hydrogens is 216 g/mol. The van der Waals surface area contributed by atoms with Gasteiger partial charge in [-0.1, -0.05) is 0 Å². The van der Waals surface area contributed by atoms with Crippen LogP contribution in [0.3, 0.4) is 0 Å². The lowest BCUT2D eigenvalue weighted by Crippen LogP contribution is -2.39. The molecule has 1 heterocycles. The fraction of sp³-hybridized carbons (Fsp3) is 1.00. The summed E-state index contributed by atoms with van der Waals surface area (Å²) >= 11 is 0. The first-order valence-electron chi connectivity index (χ1n) is 5.23. The molecule has 15 heavy (non-hydrogen) atoms. The first kappa shape index (κ1) is 12.9. The highest BCUT2D eigenvalue weighted by Gasteiger charge is 2.20. The van der Waals surface area contributed by atoms with E-state index in [-0.39, 0.29) is 11.9 Å². The summed E-state index contributed by atoms with van der Waals surface area (Å²) in [6.07, 6.45) is 0.717. The van der Waals surface area contributed by atoms with Crippen molar-refractivity contribution in [1.82, 2.24) is 4.90 Å². The molecule has 0 spiro atoms. The van der Waals surface area contributed by atoms with E-state index in [2.05, 4.69) is 4.90 Å². The Morgan fingerprint density at radius 1 is 1.40 bits per heavy atom. The van der Waals surface area contributed by atoms with Gasteiger partial charge in [0.2, 0.25) is 0 Å². The zero-order chi connectivity index (χ0) is 11.3. The van der Waals surface area contributed by atoms with E-state index in [1.807, 2.05) is 0 Å². The van der Waals surface area contributed by atoms with Crippen LogP contribution in [0.4, 0.5) is 0 Å². The van der Waals surface area contributed by atoms with Crippen LogP contribution in [0.5, 0.6) is 0 Å². The second-order valence-corrected chi connectivity index (χ2v) is 6.20. The molecular formula is C9H20N2O3S. The fourth-order valence-electron chi connectivity index (χ4n) is 1.71. The molecule has 1 fully saturated rings. The number of sulfone groups is 1. The lowest BCUT2D eigenvalue weighted by atomic mass is 10.3. The second kappa shape index (κ2) is 5.79. The summed E-state index contributed by atoms with van der Waals surface area (Å²) in [6, 6.07) is 0. The SMILES string of the molecule is COC(CN)CN1CCCS(=O)(=O)CC1. The molecule has 1 saturated heterocycles. The minimum Gasteiger partial charge on any atom is -0.379 e. The Balaban J connectivity index is 2.44. The van der Waals surface area contributed by atoms with Crippen LogP contribution < -0.4 is 5.73 Å². The molecule has 1 aliphatic heterocycles. The van der Waals surface area contributed by atoms with E-state index in [1.54, 1.807) is 7.11 Å². The van der Waals surface area contributed by atoms with E-state index in [9.17, 15) is 8.42 Å². The number of methoxy groups -OCH3 is 1. The van der Waals surface area contributed by atoms with Crippen molar-refractivity contribution in [3.63, 3.8) is 0 Å². The largest absolute Gasteiger partial charge is 0.379 e. The summed E-state index contributed by atoms with van der Waals surface area (Å²) in [5, 5.41) is 0. The molecule has 0 aromatic rings. The van der Waals surface area contributed by atoms with Crippen LogP contribution in [0.2, 0.25) is 0 Å². The van der Waals surface area contributed by atoms with Gasteiger partial charge in [0.1, 0.15) is 0 Å². The van der Waals surface area contributed by atoms with Gasteiger partial charge in [0.15, 0.2) is 9.84 Å². The molecule has 1 aliphatic rings. The van der Waals surface area contributed by atoms with Crippen molar-refractivity contribution in [3.05, 3.63) is 0 Å². The lowest BCUT2D eigenvalue weighted by Gasteiger charge is -2.23. The third-order valence-electron chi connectivity index (χ3n) is 2.71. The van der Waals surface area contributed by atoms with Crippen LogP contribution in [0.1, 0.15) is 6.42 Å². The average Bonchev–Trinajstić information content (AvgIpc) is 2.36. The van der Waals surface area contributed by atoms with Crippen LogP contribution in [-0.4, -0.2) is 64.2 Å². The topological polar surface area (TPSA) is 72.6 Å². The van der Waals surface area contributed by atoms with Crippen LogP contribution in [0.15, 0.2) is 0 Å². The highest BCUT2D eigenvalue weighted by atomic mass is 32.2. The minimum absolute atomic E-state index is 0.00537. The maximum Gasteiger partial charge on any atom is 0.151 e. The minimum atomic E-state index is -2.82. The van der Waals surface area contributed by atoms with Gasteiger partial charge in [0.25, 0.3) is 0 Å². The molecule has 0 aliphatic carbocycles. The third kappa shape index (κ3) is 4.46. The van der Waals surface area contributed by atoms with Crippen molar-refractivity contribution >= 4 is 9.84 Å². The summed E-state index contributed by atoms with van der Waals surface area (Å²) in [6.45, 7) is 2.61. The maximum atomic E-state index is 11.4. The van der Waals surface area contributed by atoms with E-state index < -0.39 is 9.84 Å². The van der Waals surface area contributed by atoms with Gasteiger partial charge in [-0.3, -0.25) is 4.90 Å². The van der Waals surface area contributed by atoms with Crippen molar-refractivity contribution in [3.8, 4) is 0 Å². The van der Waals surface area contributed by atoms with E-state index in [1.165, 1.54) is 0 Å². The van der Waals surface area contributed by atoms with E-state index in [4.69, 9.17) is 10.5 Å². The molecule has 0 aromatic carbocycles. The van der Waals surface area contributed by atoms with E-state index in [0.717, 1.165) is 13.1 Å². The Hall–Kier alpha value is -0.170. The monoisotopic (exact) mass is 236 g/mol. The summed E-state index contributed by atoms with van der Waals surface area (Å²) < 4.78 is 27.9. The highest BCUT2D eigenvalue weighted by molar-refractivity contribution is 7.91. The first-order chi connectivity index (χ1) is 7.07. The van der Waals surface area contributed by atoms with Crippen molar-refractivity contribution in [1.29, 1.82) is 0 Å². The molecule has 90 valence electrons. The standard InChI is InChI=1S/C9H20N2O3S/c1-14-9(7-10)8-11-3-2-5-15(12,13)6-4-11/h9H,2-8,10H2,1H3. The van der Waals surface area contributed by atoms with Crippen molar-refractivity contribution in [2.45, 2.75) is 12.5 Å². The number of ether oxygens (including phenoxy) is 1. The quantitative estimate of drug-likeness (QED) is 0.683. The molecule has 0 aromatic heterocycles. The summed E-state index contributed by atoms with van der Waals surface area (Å²) in [5.74, 6) is 0.567. The number of nitrogens with two attached hydrogens (primary N) is 1. The van der Waals surface area contributed by atoms with Crippen LogP contribution >= 0.6 is 0 Å². The molecule has 2 N–H and O–H groups in total. The fourth-order valence-corrected chi connectivity index (χ4v) is 3.02. The second-order valence-electron chi connectivity index (χ2n) is 3.90. The van der Waals surface area contributed by atoms with Crippen LogP contribution in [0, 0.1) is 0 Å². The van der Waals surface area contributed by atoms with E-state index in [0.29, 0.717) is 25.3 Å². The predicted octanol–water partition coefficient (Wildman–Crippen LogP) is -0.919. The molecule has 6 heteroatoms. The van der Waals surface area contributed by atoms with Crippen molar-refractivity contribution in [2.75, 3.05) is 44.8 Å². The number of nitrogens with zero attached hydrogens (tertiary/aromatic N) is 1. The zero-order valence-corrected chi connectivity index (χ0v) is 10.0. The Morgan fingerprint density at radius 3 is 2.73 bits per heavy atom. The Labute approximate surface area is 91.5 Å². The van der Waals surface area contributed by atoms with Gasteiger partial charge in [0, 0.05) is 26.7 Å². The van der Waals surface area contributed by atoms with Crippen molar-refractivity contribution < 1.29 is 13.2 Å². The first-order valence-corrected chi connectivity index (χ1v) is 7.05. The molecule has 0 saturated carbocycles. The summed E-state index contributed by atoms with van der Waals surface area (Å²) in [7, 11) is -1.18. The average molecular weight is 236 g/mol. The Morgan fingerprint density at radius 2 is 2.13 bits per heavy atom. The third-order valence-corrected chi connectivity index (χ3v) is 4.42. The normalized spacial score (nSPS) is 24.7. The van der Waals surface area contributed by atoms with Gasteiger partial charge in [-0.2, -0.15) is 0 Å². The smallest absolute Gasteiger partial charge is 0.151 e. The van der Waals surface area contributed by atoms with Gasteiger partial charge < -0.3 is 10.5 Å². The molecule has 0 bridgehead atoms. The number of hydrogen-bond acceptors (Lipinski definition) is 5. The molecule has 0 amide bonds. The molecule has 0 radical (unpaired) electrons. The Bertz CT molecular complexity index is 275. The molecule has 1 unspecified atom stereocenters. The highest BCUT2D eigenvalue weighted by Crippen LogP contribution is 2.06. The number of rotatable bonds is 4. The lowest BCUT2D eigenvalue weighted by molar-refractivity contribution is 0.0725. The van der Waals surface area contributed by atoms with Gasteiger partial charge >= 0.3 is 0 Å². The van der Waals surface area contributed by atoms with Crippen LogP contribution in [-0.2, 0) is 14.6 Å². The van der Waals surface area contributed by atoms with Crippen molar-refractivity contribution in [2.24, 2.45) is 5.73 Å². The maximum absolute atomic E-state index is 11.4. The molecule has 1 rings (SSSR count). The van der Waals surface area contributed by atoms with Gasteiger partial charge in [-0.05, 0) is 13.0 Å². The molecule has 5 nitrogen and oxygen atoms in total. The number of hydrogen-bond donors (Lipinski definition) is 1. The van der Waals surface area contributed by atoms with Gasteiger partial charge in [0.05, 0.1) is 17.6 Å². The Kier molecular flexibility index (Phi) is 4.98. The molecule has 1 atom stereocenters. The van der Waals surface area contributed by atoms with E-state index >= 15 is 0 Å². The summed E-state index contributed by atoms with van der Waals surface area (Å²) in [4.78, 5) is 2.12. The summed E-state index contributed by atoms with van der Waals surface area (Å²) in [5.41, 5.74) is 5.52. The zero-order valence-electron chi connectivity index (χ0n) is 9.18. The van der Waals surface area contributed by atoms with Crippen LogP contribution in [0.25, 0.3) is 0 Å². The van der Waals surface area contributed by atoms with Gasteiger partial charge in [-0.15, -0.1) is 0 Å².